The first-order chi connectivity index (χ1) is 8.69. The Hall–Kier alpha value is -1.07. The molecule has 0 aromatic heterocycles. The second kappa shape index (κ2) is 4.55. The molecule has 5 heteroatoms. The largest absolute Gasteiger partial charge is 0.439 e. The van der Waals surface area contributed by atoms with Crippen LogP contribution in [0.1, 0.15) is 12.8 Å². The zero-order valence-electron chi connectivity index (χ0n) is 9.99. The minimum Gasteiger partial charge on any atom is -0.439 e. The Morgan fingerprint density at radius 1 is 1.44 bits per heavy atom. The molecule has 1 unspecified atom stereocenters. The van der Waals surface area contributed by atoms with Gasteiger partial charge in [-0.15, -0.1) is 0 Å². The second-order valence-corrected chi connectivity index (χ2v) is 5.81. The SMILES string of the molecule is O=C1OC2(CCCNC2)CN1c1cccc(Br)c1. The van der Waals surface area contributed by atoms with Crippen molar-refractivity contribution in [2.24, 2.45) is 0 Å². The standard InChI is InChI=1S/C13H15BrN2O2/c14-10-3-1-4-11(7-10)16-9-13(18-12(16)17)5-2-6-15-8-13/h1,3-4,7,15H,2,5-6,8-9H2. The maximum Gasteiger partial charge on any atom is 0.415 e. The van der Waals surface area contributed by atoms with Gasteiger partial charge in [0, 0.05) is 16.7 Å². The molecule has 18 heavy (non-hydrogen) atoms. The van der Waals surface area contributed by atoms with Crippen LogP contribution in [-0.2, 0) is 4.74 Å². The average Bonchev–Trinajstić information content (AvgIpc) is 2.67. The predicted molar refractivity (Wildman–Crippen MR) is 72.8 cm³/mol. The van der Waals surface area contributed by atoms with E-state index in [1.165, 1.54) is 0 Å². The van der Waals surface area contributed by atoms with Crippen LogP contribution in [0, 0.1) is 0 Å². The van der Waals surface area contributed by atoms with Gasteiger partial charge in [0.2, 0.25) is 0 Å². The Labute approximate surface area is 114 Å². The molecule has 1 amide bonds. The zero-order chi connectivity index (χ0) is 12.6. The first-order valence-electron chi connectivity index (χ1n) is 6.15. The van der Waals surface area contributed by atoms with Gasteiger partial charge in [-0.2, -0.15) is 0 Å². The monoisotopic (exact) mass is 310 g/mol. The number of hydrogen-bond acceptors (Lipinski definition) is 3. The van der Waals surface area contributed by atoms with Gasteiger partial charge in [0.1, 0.15) is 5.60 Å². The van der Waals surface area contributed by atoms with Crippen LogP contribution in [0.3, 0.4) is 0 Å². The molecule has 0 radical (unpaired) electrons. The van der Waals surface area contributed by atoms with Gasteiger partial charge in [-0.1, -0.05) is 22.0 Å². The molecular weight excluding hydrogens is 296 g/mol. The van der Waals surface area contributed by atoms with Crippen molar-refractivity contribution in [3.05, 3.63) is 28.7 Å². The highest BCUT2D eigenvalue weighted by atomic mass is 79.9. The third-order valence-corrected chi connectivity index (χ3v) is 4.02. The first-order valence-corrected chi connectivity index (χ1v) is 6.95. The topological polar surface area (TPSA) is 41.6 Å². The van der Waals surface area contributed by atoms with E-state index in [4.69, 9.17) is 4.74 Å². The molecule has 2 aliphatic rings. The fourth-order valence-electron chi connectivity index (χ4n) is 2.63. The normalized spacial score (nSPS) is 27.6. The van der Waals surface area contributed by atoms with Gasteiger partial charge >= 0.3 is 6.09 Å². The number of halogens is 1. The van der Waals surface area contributed by atoms with E-state index < -0.39 is 0 Å². The summed E-state index contributed by atoms with van der Waals surface area (Å²) in [4.78, 5) is 13.7. The van der Waals surface area contributed by atoms with Gasteiger partial charge < -0.3 is 10.1 Å². The number of amides is 1. The van der Waals surface area contributed by atoms with Crippen molar-refractivity contribution in [2.45, 2.75) is 18.4 Å². The number of nitrogens with one attached hydrogen (secondary N) is 1. The number of rotatable bonds is 1. The molecule has 1 spiro atoms. The van der Waals surface area contributed by atoms with Gasteiger partial charge in [-0.05, 0) is 37.6 Å². The van der Waals surface area contributed by atoms with E-state index in [1.54, 1.807) is 4.90 Å². The summed E-state index contributed by atoms with van der Waals surface area (Å²) < 4.78 is 6.57. The molecule has 0 bridgehead atoms. The number of benzene rings is 1. The van der Waals surface area contributed by atoms with Crippen molar-refractivity contribution in [1.82, 2.24) is 5.32 Å². The third kappa shape index (κ3) is 2.12. The van der Waals surface area contributed by atoms with Crippen LogP contribution < -0.4 is 10.2 Å². The van der Waals surface area contributed by atoms with Crippen LogP contribution >= 0.6 is 15.9 Å². The number of hydrogen-bond donors (Lipinski definition) is 1. The molecule has 0 aliphatic carbocycles. The quantitative estimate of drug-likeness (QED) is 0.866. The third-order valence-electron chi connectivity index (χ3n) is 3.52. The van der Waals surface area contributed by atoms with Crippen LogP contribution in [0.2, 0.25) is 0 Å². The van der Waals surface area contributed by atoms with Crippen LogP contribution in [0.5, 0.6) is 0 Å². The lowest BCUT2D eigenvalue weighted by Gasteiger charge is -2.31. The van der Waals surface area contributed by atoms with E-state index in [-0.39, 0.29) is 11.7 Å². The molecule has 1 atom stereocenters. The minimum absolute atomic E-state index is 0.239. The molecule has 1 aromatic rings. The maximum absolute atomic E-state index is 12.0. The van der Waals surface area contributed by atoms with Crippen molar-refractivity contribution in [2.75, 3.05) is 24.5 Å². The van der Waals surface area contributed by atoms with E-state index in [2.05, 4.69) is 21.2 Å². The Morgan fingerprint density at radius 3 is 3.06 bits per heavy atom. The lowest BCUT2D eigenvalue weighted by Crippen LogP contribution is -2.48. The van der Waals surface area contributed by atoms with E-state index in [0.29, 0.717) is 6.54 Å². The molecule has 0 saturated carbocycles. The number of carbonyl (C=O) groups excluding carboxylic acids is 1. The molecule has 2 saturated heterocycles. The summed E-state index contributed by atoms with van der Waals surface area (Å²) in [6.45, 7) is 2.40. The smallest absolute Gasteiger partial charge is 0.415 e. The summed E-state index contributed by atoms with van der Waals surface area (Å²) in [5, 5.41) is 3.31. The molecule has 2 heterocycles. The maximum atomic E-state index is 12.0. The van der Waals surface area contributed by atoms with E-state index in [0.717, 1.165) is 36.1 Å². The molecule has 1 N–H and O–H groups in total. The summed E-state index contributed by atoms with van der Waals surface area (Å²) in [5.74, 6) is 0. The Morgan fingerprint density at radius 2 is 2.33 bits per heavy atom. The lowest BCUT2D eigenvalue weighted by molar-refractivity contribution is 0.0366. The fraction of sp³-hybridized carbons (Fsp3) is 0.462. The minimum atomic E-state index is -0.336. The highest BCUT2D eigenvalue weighted by molar-refractivity contribution is 9.10. The van der Waals surface area contributed by atoms with Gasteiger partial charge in [0.25, 0.3) is 0 Å². The van der Waals surface area contributed by atoms with Crippen LogP contribution in [0.4, 0.5) is 10.5 Å². The average molecular weight is 311 g/mol. The summed E-state index contributed by atoms with van der Waals surface area (Å²) >= 11 is 3.43. The number of ether oxygens (including phenoxy) is 1. The fourth-order valence-corrected chi connectivity index (χ4v) is 3.02. The van der Waals surface area contributed by atoms with E-state index >= 15 is 0 Å². The highest BCUT2D eigenvalue weighted by Gasteiger charge is 2.46. The highest BCUT2D eigenvalue weighted by Crippen LogP contribution is 2.33. The molecule has 4 nitrogen and oxygen atoms in total. The molecule has 1 aromatic carbocycles. The first kappa shape index (κ1) is 12.0. The lowest BCUT2D eigenvalue weighted by atomic mass is 9.94. The van der Waals surface area contributed by atoms with Gasteiger partial charge in [-0.25, -0.2) is 4.79 Å². The molecule has 2 aliphatic heterocycles. The Bertz CT molecular complexity index is 472. The summed E-state index contributed by atoms with van der Waals surface area (Å²) in [6.07, 6.45) is 1.76. The van der Waals surface area contributed by atoms with Crippen molar-refractivity contribution < 1.29 is 9.53 Å². The predicted octanol–water partition coefficient (Wildman–Crippen LogP) is 2.53. The van der Waals surface area contributed by atoms with Gasteiger partial charge in [0.15, 0.2) is 0 Å². The van der Waals surface area contributed by atoms with Crippen LogP contribution in [0.25, 0.3) is 0 Å². The van der Waals surface area contributed by atoms with E-state index in [1.807, 2.05) is 24.3 Å². The Balaban J connectivity index is 1.84. The molecule has 96 valence electrons. The second-order valence-electron chi connectivity index (χ2n) is 4.90. The number of anilines is 1. The van der Waals surface area contributed by atoms with Crippen molar-refractivity contribution in [1.29, 1.82) is 0 Å². The summed E-state index contributed by atoms with van der Waals surface area (Å²) in [7, 11) is 0. The number of piperidine rings is 1. The van der Waals surface area contributed by atoms with Crippen molar-refractivity contribution in [3.63, 3.8) is 0 Å². The molecule has 2 fully saturated rings. The van der Waals surface area contributed by atoms with Gasteiger partial charge in [-0.3, -0.25) is 4.90 Å². The van der Waals surface area contributed by atoms with E-state index in [9.17, 15) is 4.79 Å². The van der Waals surface area contributed by atoms with Crippen molar-refractivity contribution >= 4 is 27.7 Å². The van der Waals surface area contributed by atoms with Crippen molar-refractivity contribution in [3.8, 4) is 0 Å². The molecular formula is C13H15BrN2O2. The molecule has 3 rings (SSSR count). The summed E-state index contributed by atoms with van der Waals surface area (Å²) in [5.41, 5.74) is 0.550. The number of carbonyl (C=O) groups is 1. The summed E-state index contributed by atoms with van der Waals surface area (Å²) in [6, 6.07) is 7.75. The zero-order valence-corrected chi connectivity index (χ0v) is 11.6. The van der Waals surface area contributed by atoms with Crippen LogP contribution in [0.15, 0.2) is 28.7 Å². The van der Waals surface area contributed by atoms with Gasteiger partial charge in [0.05, 0.1) is 6.54 Å². The Kier molecular flexibility index (Phi) is 3.03. The number of nitrogens with zero attached hydrogens (tertiary/aromatic N) is 1. The van der Waals surface area contributed by atoms with Crippen LogP contribution in [-0.4, -0.2) is 31.3 Å².